The number of carbonyl (C=O) groups is 3. The Morgan fingerprint density at radius 3 is 2.53 bits per heavy atom. The Kier molecular flexibility index (Phi) is 7.30. The molecule has 2 aliphatic heterocycles. The van der Waals surface area contributed by atoms with E-state index in [0.29, 0.717) is 12.9 Å². The van der Waals surface area contributed by atoms with Gasteiger partial charge in [-0.3, -0.25) is 14.9 Å². The summed E-state index contributed by atoms with van der Waals surface area (Å²) in [7, 11) is 1.74. The molecule has 4 bridgehead atoms. The van der Waals surface area contributed by atoms with Crippen molar-refractivity contribution in [2.24, 2.45) is 45.8 Å². The molecule has 0 radical (unpaired) electrons. The number of nitrogens with one attached hydrogen (secondary N) is 1. The van der Waals surface area contributed by atoms with Gasteiger partial charge >= 0.3 is 6.09 Å². The first-order chi connectivity index (χ1) is 18.0. The second-order valence-corrected chi connectivity index (χ2v) is 13.5. The predicted octanol–water partition coefficient (Wildman–Crippen LogP) is 4.90. The molecule has 0 spiro atoms. The average molecular weight is 533 g/mol. The molecule has 7 nitrogen and oxygen atoms in total. The number of nitrogens with zero attached hydrogens (tertiary/aromatic N) is 1. The summed E-state index contributed by atoms with van der Waals surface area (Å²) >= 11 is 0. The van der Waals surface area contributed by atoms with E-state index >= 15 is 0 Å². The molecule has 5 rings (SSSR count). The molecule has 2 heterocycles. The minimum atomic E-state index is -0.893. The number of hydrogen-bond donors (Lipinski definition) is 1. The van der Waals surface area contributed by atoms with Crippen molar-refractivity contribution >= 4 is 17.8 Å². The Morgan fingerprint density at radius 1 is 1.16 bits per heavy atom. The molecule has 1 N–H and O–H groups in total. The molecule has 11 atom stereocenters. The molecular formula is C30H45FN2O5. The number of amides is 2. The zero-order valence-electron chi connectivity index (χ0n) is 23.6. The predicted molar refractivity (Wildman–Crippen MR) is 141 cm³/mol. The van der Waals surface area contributed by atoms with Crippen LogP contribution in [-0.2, 0) is 19.1 Å². The lowest BCUT2D eigenvalue weighted by Crippen LogP contribution is -2.63. The summed E-state index contributed by atoms with van der Waals surface area (Å²) in [6.45, 7) is 11.0. The number of hydrogen-bond acceptors (Lipinski definition) is 6. The fourth-order valence-electron chi connectivity index (χ4n) is 9.58. The molecule has 2 amide bonds. The Bertz CT molecular complexity index is 1000. The van der Waals surface area contributed by atoms with Crippen LogP contribution in [0.3, 0.4) is 0 Å². The number of piperidine rings is 1. The van der Waals surface area contributed by atoms with E-state index in [-0.39, 0.29) is 65.6 Å². The van der Waals surface area contributed by atoms with Crippen molar-refractivity contribution in [1.82, 2.24) is 10.2 Å². The highest BCUT2D eigenvalue weighted by molar-refractivity contribution is 5.93. The molecule has 5 fully saturated rings. The minimum absolute atomic E-state index is 0.0352. The minimum Gasteiger partial charge on any atom is -0.445 e. The van der Waals surface area contributed by atoms with Crippen molar-refractivity contribution in [1.29, 1.82) is 0 Å². The summed E-state index contributed by atoms with van der Waals surface area (Å²) in [5.41, 5.74) is -1.62. The first-order valence-corrected chi connectivity index (χ1v) is 14.6. The number of allylic oxidation sites excluding steroid dienone is 1. The molecule has 2 saturated heterocycles. The number of rotatable bonds is 5. The van der Waals surface area contributed by atoms with Crippen LogP contribution in [-0.4, -0.2) is 61.6 Å². The molecule has 5 aliphatic rings. The van der Waals surface area contributed by atoms with Gasteiger partial charge in [0.2, 0.25) is 5.91 Å². The van der Waals surface area contributed by atoms with Gasteiger partial charge < -0.3 is 14.4 Å². The molecule has 38 heavy (non-hydrogen) atoms. The number of Topliss-reactive ketones (excluding diaryl/α,β-unsaturated/α-hetero) is 1. The van der Waals surface area contributed by atoms with Crippen LogP contribution in [0.25, 0.3) is 0 Å². The lowest BCUT2D eigenvalue weighted by molar-refractivity contribution is -0.191. The van der Waals surface area contributed by atoms with Gasteiger partial charge in [-0.2, -0.15) is 0 Å². The molecule has 3 unspecified atom stereocenters. The van der Waals surface area contributed by atoms with Crippen LogP contribution in [0.4, 0.5) is 9.18 Å². The monoisotopic (exact) mass is 532 g/mol. The zero-order chi connectivity index (χ0) is 27.5. The van der Waals surface area contributed by atoms with Gasteiger partial charge in [0.1, 0.15) is 11.9 Å². The summed E-state index contributed by atoms with van der Waals surface area (Å²) in [5, 5.41) is 2.55. The summed E-state index contributed by atoms with van der Waals surface area (Å²) in [5.74, 6) is -0.0260. The average Bonchev–Trinajstić information content (AvgIpc) is 3.63. The van der Waals surface area contributed by atoms with Gasteiger partial charge in [-0.05, 0) is 68.7 Å². The number of fused-ring (bicyclic) bond motifs is 2. The number of imide groups is 1. The van der Waals surface area contributed by atoms with Crippen LogP contribution in [0.2, 0.25) is 0 Å². The first kappa shape index (κ1) is 27.8. The van der Waals surface area contributed by atoms with E-state index in [2.05, 4.69) is 31.0 Å². The zero-order valence-corrected chi connectivity index (χ0v) is 23.6. The SMILES string of the molecule is CO[C@@H]1CCC23CC[C@@H](C)[C@](C)(C12)[C@H](OC(=O)NC(=O)[C@H]1CN2CC[C@H]1C2)C[C@@](C)(C/C=C/F)C(=O)[C@@H]3C. The van der Waals surface area contributed by atoms with Crippen molar-refractivity contribution in [3.63, 3.8) is 0 Å². The van der Waals surface area contributed by atoms with Gasteiger partial charge in [-0.1, -0.05) is 33.8 Å². The number of methoxy groups -OCH3 is 1. The van der Waals surface area contributed by atoms with Crippen LogP contribution in [0.15, 0.2) is 12.4 Å². The number of halogens is 1. The van der Waals surface area contributed by atoms with Crippen molar-refractivity contribution in [3.05, 3.63) is 12.4 Å². The van der Waals surface area contributed by atoms with Crippen LogP contribution in [0, 0.1) is 45.8 Å². The third kappa shape index (κ3) is 4.16. The number of ether oxygens (including phenoxy) is 2. The quantitative estimate of drug-likeness (QED) is 0.543. The van der Waals surface area contributed by atoms with Crippen molar-refractivity contribution in [2.75, 3.05) is 26.7 Å². The van der Waals surface area contributed by atoms with E-state index in [4.69, 9.17) is 9.47 Å². The summed E-state index contributed by atoms with van der Waals surface area (Å²) < 4.78 is 25.5. The van der Waals surface area contributed by atoms with Gasteiger partial charge in [0.25, 0.3) is 0 Å². The Labute approximate surface area is 226 Å². The van der Waals surface area contributed by atoms with Gasteiger partial charge in [-0.15, -0.1) is 0 Å². The van der Waals surface area contributed by atoms with Gasteiger partial charge in [-0.25, -0.2) is 9.18 Å². The van der Waals surface area contributed by atoms with E-state index in [1.807, 2.05) is 6.92 Å². The van der Waals surface area contributed by atoms with Crippen molar-refractivity contribution < 1.29 is 28.2 Å². The van der Waals surface area contributed by atoms with E-state index in [1.54, 1.807) is 7.11 Å². The highest BCUT2D eigenvalue weighted by atomic mass is 19.1. The number of carbonyl (C=O) groups excluding carboxylic acids is 3. The Balaban J connectivity index is 1.49. The van der Waals surface area contributed by atoms with Crippen LogP contribution >= 0.6 is 0 Å². The Morgan fingerprint density at radius 2 is 1.89 bits per heavy atom. The topological polar surface area (TPSA) is 84.9 Å². The fourth-order valence-corrected chi connectivity index (χ4v) is 9.58. The smallest absolute Gasteiger partial charge is 0.414 e. The van der Waals surface area contributed by atoms with Crippen LogP contribution in [0.5, 0.6) is 0 Å². The number of alkyl carbamates (subject to hydrolysis) is 1. The van der Waals surface area contributed by atoms with E-state index < -0.39 is 23.0 Å². The lowest BCUT2D eigenvalue weighted by Gasteiger charge is -2.61. The Hall–Kier alpha value is -1.80. The van der Waals surface area contributed by atoms with E-state index in [1.165, 1.54) is 6.08 Å². The molecule has 8 heteroatoms. The fraction of sp³-hybridized carbons (Fsp3) is 0.833. The van der Waals surface area contributed by atoms with Crippen molar-refractivity contribution in [3.8, 4) is 0 Å². The molecule has 0 aromatic rings. The maximum atomic E-state index is 14.2. The van der Waals surface area contributed by atoms with Gasteiger partial charge in [0.05, 0.1) is 18.4 Å². The third-order valence-corrected chi connectivity index (χ3v) is 11.9. The van der Waals surface area contributed by atoms with Gasteiger partial charge in [0.15, 0.2) is 0 Å². The maximum absolute atomic E-state index is 14.2. The van der Waals surface area contributed by atoms with E-state index in [0.717, 1.165) is 45.2 Å². The summed E-state index contributed by atoms with van der Waals surface area (Å²) in [6.07, 6.45) is 5.62. The highest BCUT2D eigenvalue weighted by Crippen LogP contribution is 2.68. The summed E-state index contributed by atoms with van der Waals surface area (Å²) in [6, 6.07) is 0. The second-order valence-electron chi connectivity index (χ2n) is 13.5. The normalized spacial score (nSPS) is 48.0. The highest BCUT2D eigenvalue weighted by Gasteiger charge is 2.68. The second kappa shape index (κ2) is 9.99. The lowest BCUT2D eigenvalue weighted by atomic mass is 9.43. The van der Waals surface area contributed by atoms with Crippen molar-refractivity contribution in [2.45, 2.75) is 84.8 Å². The maximum Gasteiger partial charge on any atom is 0.414 e. The molecule has 212 valence electrons. The van der Waals surface area contributed by atoms with Crippen LogP contribution in [0.1, 0.15) is 72.6 Å². The first-order valence-electron chi connectivity index (χ1n) is 14.6. The molecule has 3 aliphatic carbocycles. The third-order valence-electron chi connectivity index (χ3n) is 11.9. The summed E-state index contributed by atoms with van der Waals surface area (Å²) in [4.78, 5) is 42.8. The van der Waals surface area contributed by atoms with E-state index in [9.17, 15) is 18.8 Å². The molecule has 0 aromatic heterocycles. The molecule has 3 saturated carbocycles. The van der Waals surface area contributed by atoms with Crippen LogP contribution < -0.4 is 5.32 Å². The molecule has 0 aromatic carbocycles. The molecular weight excluding hydrogens is 487 g/mol. The van der Waals surface area contributed by atoms with Gasteiger partial charge in [0, 0.05) is 42.9 Å². The largest absolute Gasteiger partial charge is 0.445 e. The number of ketones is 1. The standard InChI is InChI=1S/C30H45FN2O5/c1-18-7-11-30-12-8-22(37-5)24(30)29(18,4)23(15-28(3,10-6-13-31)25(34)19(30)2)38-27(36)32-26(35)21-17-33-14-9-20(21)16-33/h6,13,18-24H,7-12,14-17H2,1-5H3,(H,32,35,36)/b13-6+/t18-,19+,20+,21+,22-,23-,24?,28-,29+,30?/m1/s1.